The van der Waals surface area contributed by atoms with Gasteiger partial charge in [-0.05, 0) is 31.9 Å². The molecule has 0 spiro atoms. The SMILES string of the molecule is CCC(CC)NC(=O)COc1ccc(C)nc1CO. The number of amides is 1. The zero-order chi connectivity index (χ0) is 14.3. The Balaban J connectivity index is 2.54. The first-order valence-corrected chi connectivity index (χ1v) is 6.60. The highest BCUT2D eigenvalue weighted by Gasteiger charge is 2.11. The molecule has 0 aromatic carbocycles. The molecule has 0 atom stereocenters. The van der Waals surface area contributed by atoms with E-state index in [1.54, 1.807) is 12.1 Å². The molecule has 0 bridgehead atoms. The van der Waals surface area contributed by atoms with Gasteiger partial charge in [-0.3, -0.25) is 9.78 Å². The molecule has 0 aliphatic heterocycles. The Labute approximate surface area is 114 Å². The second-order valence-electron chi connectivity index (χ2n) is 4.43. The van der Waals surface area contributed by atoms with E-state index in [9.17, 15) is 9.90 Å². The summed E-state index contributed by atoms with van der Waals surface area (Å²) in [6.07, 6.45) is 1.80. The summed E-state index contributed by atoms with van der Waals surface area (Å²) in [7, 11) is 0. The second-order valence-corrected chi connectivity index (χ2v) is 4.43. The molecule has 19 heavy (non-hydrogen) atoms. The summed E-state index contributed by atoms with van der Waals surface area (Å²) in [4.78, 5) is 15.8. The Morgan fingerprint density at radius 2 is 2.11 bits per heavy atom. The number of carbonyl (C=O) groups is 1. The number of rotatable bonds is 7. The largest absolute Gasteiger partial charge is 0.482 e. The van der Waals surface area contributed by atoms with Gasteiger partial charge in [0, 0.05) is 11.7 Å². The minimum absolute atomic E-state index is 0.0613. The molecule has 0 aliphatic carbocycles. The summed E-state index contributed by atoms with van der Waals surface area (Å²) < 4.78 is 5.40. The highest BCUT2D eigenvalue weighted by atomic mass is 16.5. The summed E-state index contributed by atoms with van der Waals surface area (Å²) in [6, 6.07) is 3.69. The van der Waals surface area contributed by atoms with Gasteiger partial charge < -0.3 is 15.2 Å². The number of carbonyl (C=O) groups excluding carboxylic acids is 1. The van der Waals surface area contributed by atoms with Crippen LogP contribution in [0.1, 0.15) is 38.1 Å². The molecular weight excluding hydrogens is 244 g/mol. The van der Waals surface area contributed by atoms with Crippen LogP contribution in [0.15, 0.2) is 12.1 Å². The van der Waals surface area contributed by atoms with Crippen molar-refractivity contribution in [3.63, 3.8) is 0 Å². The van der Waals surface area contributed by atoms with Gasteiger partial charge in [0.1, 0.15) is 11.4 Å². The molecule has 0 saturated heterocycles. The lowest BCUT2D eigenvalue weighted by atomic mass is 10.2. The fraction of sp³-hybridized carbons (Fsp3) is 0.571. The predicted molar refractivity (Wildman–Crippen MR) is 72.9 cm³/mol. The monoisotopic (exact) mass is 266 g/mol. The number of hydrogen-bond donors (Lipinski definition) is 2. The minimum atomic E-state index is -0.203. The summed E-state index contributed by atoms with van der Waals surface area (Å²) in [5.74, 6) is 0.297. The number of pyridine rings is 1. The van der Waals surface area contributed by atoms with Crippen molar-refractivity contribution < 1.29 is 14.6 Å². The van der Waals surface area contributed by atoms with Gasteiger partial charge in [0.15, 0.2) is 6.61 Å². The second kappa shape index (κ2) is 7.74. The molecule has 0 radical (unpaired) electrons. The number of aryl methyl sites for hydroxylation is 1. The molecule has 1 heterocycles. The molecule has 0 fully saturated rings. The molecular formula is C14H22N2O3. The van der Waals surface area contributed by atoms with Gasteiger partial charge in [-0.1, -0.05) is 13.8 Å². The van der Waals surface area contributed by atoms with Crippen molar-refractivity contribution in [2.24, 2.45) is 0 Å². The quantitative estimate of drug-likeness (QED) is 0.785. The summed E-state index contributed by atoms with van der Waals surface area (Å²) in [5, 5.41) is 12.1. The smallest absolute Gasteiger partial charge is 0.258 e. The number of nitrogens with zero attached hydrogens (tertiary/aromatic N) is 1. The average Bonchev–Trinajstić information content (AvgIpc) is 2.43. The van der Waals surface area contributed by atoms with Crippen LogP contribution in [0.4, 0.5) is 0 Å². The minimum Gasteiger partial charge on any atom is -0.482 e. The number of nitrogens with one attached hydrogen (secondary N) is 1. The van der Waals surface area contributed by atoms with E-state index in [2.05, 4.69) is 10.3 Å². The lowest BCUT2D eigenvalue weighted by Gasteiger charge is -2.15. The zero-order valence-corrected chi connectivity index (χ0v) is 11.8. The van der Waals surface area contributed by atoms with E-state index in [0.717, 1.165) is 18.5 Å². The van der Waals surface area contributed by atoms with E-state index in [1.807, 2.05) is 20.8 Å². The van der Waals surface area contributed by atoms with E-state index in [4.69, 9.17) is 4.74 Å². The summed E-state index contributed by atoms with van der Waals surface area (Å²) in [5.41, 5.74) is 1.26. The maximum absolute atomic E-state index is 11.7. The molecule has 5 nitrogen and oxygen atoms in total. The Morgan fingerprint density at radius 3 is 2.68 bits per heavy atom. The number of ether oxygens (including phenoxy) is 1. The average molecular weight is 266 g/mol. The molecule has 1 amide bonds. The van der Waals surface area contributed by atoms with Crippen LogP contribution in [0.2, 0.25) is 0 Å². The third-order valence-corrected chi connectivity index (χ3v) is 2.93. The first-order valence-electron chi connectivity index (χ1n) is 6.60. The van der Waals surface area contributed by atoms with E-state index in [0.29, 0.717) is 11.4 Å². The third kappa shape index (κ3) is 4.87. The lowest BCUT2D eigenvalue weighted by molar-refractivity contribution is -0.123. The zero-order valence-electron chi connectivity index (χ0n) is 11.8. The highest BCUT2D eigenvalue weighted by molar-refractivity contribution is 5.77. The van der Waals surface area contributed by atoms with Crippen LogP contribution in [0.5, 0.6) is 5.75 Å². The first-order chi connectivity index (χ1) is 9.10. The fourth-order valence-corrected chi connectivity index (χ4v) is 1.75. The van der Waals surface area contributed by atoms with Crippen molar-refractivity contribution in [1.29, 1.82) is 0 Å². The van der Waals surface area contributed by atoms with Crippen LogP contribution in [-0.4, -0.2) is 28.6 Å². The molecule has 1 aromatic rings. The van der Waals surface area contributed by atoms with Crippen molar-refractivity contribution in [3.05, 3.63) is 23.5 Å². The molecule has 2 N–H and O–H groups in total. The molecule has 0 aliphatic rings. The Bertz CT molecular complexity index is 417. The van der Waals surface area contributed by atoms with E-state index >= 15 is 0 Å². The van der Waals surface area contributed by atoms with Crippen LogP contribution in [0.3, 0.4) is 0 Å². The maximum atomic E-state index is 11.7. The number of aromatic nitrogens is 1. The topological polar surface area (TPSA) is 71.5 Å². The van der Waals surface area contributed by atoms with Crippen LogP contribution in [0.25, 0.3) is 0 Å². The molecule has 0 unspecified atom stereocenters. The van der Waals surface area contributed by atoms with Crippen LogP contribution in [0, 0.1) is 6.92 Å². The number of aliphatic hydroxyl groups excluding tert-OH is 1. The van der Waals surface area contributed by atoms with Gasteiger partial charge >= 0.3 is 0 Å². The van der Waals surface area contributed by atoms with Crippen molar-refractivity contribution in [3.8, 4) is 5.75 Å². The van der Waals surface area contributed by atoms with Gasteiger partial charge in [-0.2, -0.15) is 0 Å². The maximum Gasteiger partial charge on any atom is 0.258 e. The molecule has 1 aromatic heterocycles. The van der Waals surface area contributed by atoms with Crippen LogP contribution >= 0.6 is 0 Å². The predicted octanol–water partition coefficient (Wildman–Crippen LogP) is 1.57. The summed E-state index contributed by atoms with van der Waals surface area (Å²) >= 11 is 0. The number of aliphatic hydroxyl groups is 1. The first kappa shape index (κ1) is 15.4. The van der Waals surface area contributed by atoms with E-state index in [-0.39, 0.29) is 25.2 Å². The molecule has 1 rings (SSSR count). The Hall–Kier alpha value is -1.62. The van der Waals surface area contributed by atoms with Crippen molar-refractivity contribution in [2.45, 2.75) is 46.3 Å². The van der Waals surface area contributed by atoms with Crippen molar-refractivity contribution >= 4 is 5.91 Å². The van der Waals surface area contributed by atoms with Gasteiger partial charge in [-0.15, -0.1) is 0 Å². The van der Waals surface area contributed by atoms with Crippen molar-refractivity contribution in [2.75, 3.05) is 6.61 Å². The van der Waals surface area contributed by atoms with Gasteiger partial charge in [0.05, 0.1) is 6.61 Å². The van der Waals surface area contributed by atoms with Crippen LogP contribution < -0.4 is 10.1 Å². The third-order valence-electron chi connectivity index (χ3n) is 2.93. The summed E-state index contributed by atoms with van der Waals surface area (Å²) in [6.45, 7) is 5.63. The van der Waals surface area contributed by atoms with E-state index in [1.165, 1.54) is 0 Å². The molecule has 0 saturated carbocycles. The lowest BCUT2D eigenvalue weighted by Crippen LogP contribution is -2.37. The van der Waals surface area contributed by atoms with Gasteiger partial charge in [-0.25, -0.2) is 0 Å². The number of hydrogen-bond acceptors (Lipinski definition) is 4. The Kier molecular flexibility index (Phi) is 6.29. The molecule has 106 valence electrons. The Morgan fingerprint density at radius 1 is 1.42 bits per heavy atom. The molecule has 5 heteroatoms. The standard InChI is InChI=1S/C14H22N2O3/c1-4-11(5-2)16-14(18)9-19-13-7-6-10(3)15-12(13)8-17/h6-7,11,17H,4-5,8-9H2,1-3H3,(H,16,18). The van der Waals surface area contributed by atoms with Gasteiger partial charge in [0.25, 0.3) is 5.91 Å². The van der Waals surface area contributed by atoms with Gasteiger partial charge in [0.2, 0.25) is 0 Å². The van der Waals surface area contributed by atoms with Crippen molar-refractivity contribution in [1.82, 2.24) is 10.3 Å². The fourth-order valence-electron chi connectivity index (χ4n) is 1.75. The highest BCUT2D eigenvalue weighted by Crippen LogP contribution is 2.16. The van der Waals surface area contributed by atoms with E-state index < -0.39 is 0 Å². The normalized spacial score (nSPS) is 10.6. The van der Waals surface area contributed by atoms with Crippen LogP contribution in [-0.2, 0) is 11.4 Å².